The molecule has 16 heavy (non-hydrogen) atoms. The number of carbonyl (C=O) groups excluding carboxylic acids is 1. The first-order valence-corrected chi connectivity index (χ1v) is 5.78. The van der Waals surface area contributed by atoms with E-state index in [1.165, 1.54) is 5.01 Å². The summed E-state index contributed by atoms with van der Waals surface area (Å²) in [5, 5.41) is 15.6. The quantitative estimate of drug-likeness (QED) is 0.763. The van der Waals surface area contributed by atoms with Gasteiger partial charge in [0, 0.05) is 7.11 Å². The van der Waals surface area contributed by atoms with Crippen molar-refractivity contribution in [2.75, 3.05) is 13.7 Å². The minimum absolute atomic E-state index is 0.0157. The molecule has 1 saturated carbocycles. The summed E-state index contributed by atoms with van der Waals surface area (Å²) in [5.41, 5.74) is 0.755. The van der Waals surface area contributed by atoms with Crippen molar-refractivity contribution in [2.24, 2.45) is 5.10 Å². The number of aliphatic hydroxyl groups excluding tert-OH is 1. The van der Waals surface area contributed by atoms with Gasteiger partial charge in [0.1, 0.15) is 0 Å². The summed E-state index contributed by atoms with van der Waals surface area (Å²) >= 11 is 0. The van der Waals surface area contributed by atoms with E-state index in [0.29, 0.717) is 13.0 Å². The van der Waals surface area contributed by atoms with Gasteiger partial charge in [-0.3, -0.25) is 4.79 Å². The molecule has 0 radical (unpaired) electrons. The van der Waals surface area contributed by atoms with E-state index >= 15 is 0 Å². The van der Waals surface area contributed by atoms with Crippen LogP contribution < -0.4 is 0 Å². The molecular weight excluding hydrogens is 208 g/mol. The zero-order valence-electron chi connectivity index (χ0n) is 9.56. The van der Waals surface area contributed by atoms with Crippen molar-refractivity contribution < 1.29 is 14.6 Å². The van der Waals surface area contributed by atoms with Crippen LogP contribution in [0.1, 0.15) is 32.1 Å². The van der Waals surface area contributed by atoms with E-state index in [1.807, 2.05) is 0 Å². The van der Waals surface area contributed by atoms with E-state index in [2.05, 4.69) is 5.10 Å². The molecular formula is C11H18N2O3. The molecule has 5 nitrogen and oxygen atoms in total. The zero-order valence-corrected chi connectivity index (χ0v) is 9.56. The van der Waals surface area contributed by atoms with Gasteiger partial charge in [0.15, 0.2) is 0 Å². The molecule has 5 heteroatoms. The van der Waals surface area contributed by atoms with Gasteiger partial charge in [-0.1, -0.05) is 12.8 Å². The van der Waals surface area contributed by atoms with E-state index in [-0.39, 0.29) is 11.9 Å². The monoisotopic (exact) mass is 226 g/mol. The highest BCUT2D eigenvalue weighted by atomic mass is 16.5. The van der Waals surface area contributed by atoms with Crippen molar-refractivity contribution in [2.45, 2.75) is 44.2 Å². The third kappa shape index (κ3) is 2.25. The van der Waals surface area contributed by atoms with Crippen molar-refractivity contribution >= 4 is 11.6 Å². The molecule has 2 rings (SSSR count). The third-order valence-corrected chi connectivity index (χ3v) is 3.18. The van der Waals surface area contributed by atoms with Gasteiger partial charge in [0.25, 0.3) is 0 Å². The standard InChI is InChI=1S/C11H18N2O3/c1-16-7-8-6-11(15)13(12-8)9-4-2-3-5-10(9)14/h9-10,14H,2-7H2,1H3. The maximum absolute atomic E-state index is 11.7. The van der Waals surface area contributed by atoms with Gasteiger partial charge in [-0.05, 0) is 12.8 Å². The predicted octanol–water partition coefficient (Wildman–Crippen LogP) is 0.525. The predicted molar refractivity (Wildman–Crippen MR) is 59.0 cm³/mol. The maximum atomic E-state index is 11.7. The Morgan fingerprint density at radius 3 is 2.94 bits per heavy atom. The highest BCUT2D eigenvalue weighted by molar-refractivity contribution is 6.05. The molecule has 0 spiro atoms. The average Bonchev–Trinajstić information content (AvgIpc) is 2.61. The molecule has 1 fully saturated rings. The van der Waals surface area contributed by atoms with Crippen LogP contribution in [-0.4, -0.2) is 47.6 Å². The topological polar surface area (TPSA) is 62.1 Å². The summed E-state index contributed by atoms with van der Waals surface area (Å²) in [7, 11) is 1.59. The molecule has 1 aliphatic carbocycles. The average molecular weight is 226 g/mol. The Morgan fingerprint density at radius 2 is 2.25 bits per heavy atom. The van der Waals surface area contributed by atoms with Crippen molar-refractivity contribution in [3.63, 3.8) is 0 Å². The maximum Gasteiger partial charge on any atom is 0.248 e. The van der Waals surface area contributed by atoms with E-state index < -0.39 is 6.10 Å². The van der Waals surface area contributed by atoms with Gasteiger partial charge in [-0.25, -0.2) is 5.01 Å². The molecule has 2 atom stereocenters. The number of hydrogen-bond donors (Lipinski definition) is 1. The minimum atomic E-state index is -0.427. The van der Waals surface area contributed by atoms with Crippen LogP contribution in [0.4, 0.5) is 0 Å². The fourth-order valence-corrected chi connectivity index (χ4v) is 2.38. The molecule has 90 valence electrons. The third-order valence-electron chi connectivity index (χ3n) is 3.18. The van der Waals surface area contributed by atoms with Gasteiger partial charge in [-0.15, -0.1) is 0 Å². The van der Waals surface area contributed by atoms with Crippen LogP contribution in [0, 0.1) is 0 Å². The normalized spacial score (nSPS) is 30.8. The molecule has 0 saturated heterocycles. The van der Waals surface area contributed by atoms with Crippen LogP contribution in [0.3, 0.4) is 0 Å². The van der Waals surface area contributed by atoms with Gasteiger partial charge in [0.2, 0.25) is 5.91 Å². The lowest BCUT2D eigenvalue weighted by Crippen LogP contribution is -2.43. The second kappa shape index (κ2) is 4.93. The largest absolute Gasteiger partial charge is 0.391 e. The number of hydrazone groups is 1. The van der Waals surface area contributed by atoms with Crippen LogP contribution in [-0.2, 0) is 9.53 Å². The highest BCUT2D eigenvalue weighted by Gasteiger charge is 2.35. The van der Waals surface area contributed by atoms with Crippen molar-refractivity contribution in [1.82, 2.24) is 5.01 Å². The smallest absolute Gasteiger partial charge is 0.248 e. The Bertz CT molecular complexity index is 304. The van der Waals surface area contributed by atoms with Crippen LogP contribution in [0.5, 0.6) is 0 Å². The van der Waals surface area contributed by atoms with E-state index in [4.69, 9.17) is 4.74 Å². The number of carbonyl (C=O) groups is 1. The fraction of sp³-hybridized carbons (Fsp3) is 0.818. The zero-order chi connectivity index (χ0) is 11.5. The molecule has 0 aromatic carbocycles. The second-order valence-corrected chi connectivity index (χ2v) is 4.43. The van der Waals surface area contributed by atoms with Crippen molar-refractivity contribution in [3.05, 3.63) is 0 Å². The summed E-state index contributed by atoms with van der Waals surface area (Å²) in [6.45, 7) is 0.394. The number of amides is 1. The fourth-order valence-electron chi connectivity index (χ4n) is 2.38. The molecule has 0 bridgehead atoms. The molecule has 1 N–H and O–H groups in total. The summed E-state index contributed by atoms with van der Waals surface area (Å²) in [5.74, 6) is -0.0157. The molecule has 2 aliphatic rings. The first kappa shape index (κ1) is 11.5. The van der Waals surface area contributed by atoms with Gasteiger partial charge < -0.3 is 9.84 Å². The molecule has 2 unspecified atom stereocenters. The lowest BCUT2D eigenvalue weighted by atomic mass is 9.92. The Kier molecular flexibility index (Phi) is 3.56. The molecule has 0 aromatic rings. The van der Waals surface area contributed by atoms with E-state index in [1.54, 1.807) is 7.11 Å². The molecule has 1 heterocycles. The molecule has 1 amide bonds. The molecule has 0 aromatic heterocycles. The molecule has 1 aliphatic heterocycles. The Hall–Kier alpha value is -0.940. The first-order valence-electron chi connectivity index (χ1n) is 5.78. The number of methoxy groups -OCH3 is 1. The number of nitrogens with zero attached hydrogens (tertiary/aromatic N) is 2. The van der Waals surface area contributed by atoms with Gasteiger partial charge in [-0.2, -0.15) is 5.10 Å². The lowest BCUT2D eigenvalue weighted by molar-refractivity contribution is -0.134. The summed E-state index contributed by atoms with van der Waals surface area (Å²) in [6, 6.07) is -0.129. The second-order valence-electron chi connectivity index (χ2n) is 4.43. The SMILES string of the molecule is COCC1=NN(C2CCCCC2O)C(=O)C1. The number of aliphatic hydroxyl groups is 1. The van der Waals surface area contributed by atoms with Gasteiger partial charge >= 0.3 is 0 Å². The van der Waals surface area contributed by atoms with E-state index in [9.17, 15) is 9.90 Å². The Balaban J connectivity index is 2.05. The Labute approximate surface area is 95.1 Å². The van der Waals surface area contributed by atoms with Crippen LogP contribution in [0.15, 0.2) is 5.10 Å². The number of hydrogen-bond acceptors (Lipinski definition) is 4. The highest BCUT2D eigenvalue weighted by Crippen LogP contribution is 2.26. The minimum Gasteiger partial charge on any atom is -0.391 e. The van der Waals surface area contributed by atoms with Crippen molar-refractivity contribution in [1.29, 1.82) is 0 Å². The van der Waals surface area contributed by atoms with Crippen molar-refractivity contribution in [3.8, 4) is 0 Å². The van der Waals surface area contributed by atoms with Crippen LogP contribution in [0.2, 0.25) is 0 Å². The van der Waals surface area contributed by atoms with Crippen LogP contribution >= 0.6 is 0 Å². The number of rotatable bonds is 3. The number of ether oxygens (including phenoxy) is 1. The van der Waals surface area contributed by atoms with Gasteiger partial charge in [0.05, 0.1) is 30.9 Å². The Morgan fingerprint density at radius 1 is 1.50 bits per heavy atom. The summed E-state index contributed by atoms with van der Waals surface area (Å²) in [4.78, 5) is 11.7. The summed E-state index contributed by atoms with van der Waals surface area (Å²) in [6.07, 6.45) is 3.61. The van der Waals surface area contributed by atoms with Crippen LogP contribution in [0.25, 0.3) is 0 Å². The first-order chi connectivity index (χ1) is 7.72. The van der Waals surface area contributed by atoms with E-state index in [0.717, 1.165) is 31.4 Å². The lowest BCUT2D eigenvalue weighted by Gasteiger charge is -2.32. The summed E-state index contributed by atoms with van der Waals surface area (Å²) < 4.78 is 4.96.